The van der Waals surface area contributed by atoms with Crippen LogP contribution in [0.5, 0.6) is 0 Å². The Morgan fingerprint density at radius 1 is 2.00 bits per heavy atom. The number of hydrogen-bond donors (Lipinski definition) is 0. The molecule has 0 atom stereocenters. The average Bonchev–Trinajstić information content (AvgIpc) is 1.38. The first-order chi connectivity index (χ1) is 2.27. The van der Waals surface area contributed by atoms with Gasteiger partial charge in [-0.1, -0.05) is 0 Å². The normalized spacial score (nSPS) is 7.40. The first kappa shape index (κ1) is 6.36. The summed E-state index contributed by atoms with van der Waals surface area (Å²) < 4.78 is 0. The molecule has 0 unspecified atom stereocenters. The molecule has 0 N–H and O–H groups in total. The number of hydrogen-bond acceptors (Lipinski definition) is 2. The van der Waals surface area contributed by atoms with Crippen LogP contribution in [0.2, 0.25) is 0 Å². The van der Waals surface area contributed by atoms with Crippen LogP contribution in [0.4, 0.5) is 0 Å². The predicted molar refractivity (Wildman–Crippen MR) is 18.3 cm³/mol. The molecule has 0 aliphatic carbocycles. The van der Waals surface area contributed by atoms with Gasteiger partial charge in [0.15, 0.2) is 0 Å². The SMILES string of the molecule is CC(=O)[S][Pm]. The quantitative estimate of drug-likeness (QED) is 0.598. The Labute approximate surface area is 58.2 Å². The molecule has 1 nitrogen and oxygen atoms in total. The zero-order valence-electron chi connectivity index (χ0n) is 2.76. The first-order valence-electron chi connectivity index (χ1n) is 1.09. The summed E-state index contributed by atoms with van der Waals surface area (Å²) >= 11 is 1.11. The molecule has 0 radical (unpaired) electrons. The zero-order chi connectivity index (χ0) is 4.28. The molecule has 0 fully saturated rings. The Kier molecular flexibility index (Phi) is 4.51. The summed E-state index contributed by atoms with van der Waals surface area (Å²) in [6.07, 6.45) is 0. The van der Waals surface area contributed by atoms with Crippen LogP contribution < -0.4 is 0 Å². The van der Waals surface area contributed by atoms with Gasteiger partial charge < -0.3 is 0 Å². The van der Waals surface area contributed by atoms with Gasteiger partial charge in [-0.15, -0.1) is 0 Å². The van der Waals surface area contributed by atoms with Crippen LogP contribution in [-0.4, -0.2) is 5.12 Å². The summed E-state index contributed by atoms with van der Waals surface area (Å²) in [5.41, 5.74) is 0. The van der Waals surface area contributed by atoms with Crippen LogP contribution in [0.15, 0.2) is 0 Å². The van der Waals surface area contributed by atoms with Gasteiger partial charge in [0.2, 0.25) is 0 Å². The van der Waals surface area contributed by atoms with Gasteiger partial charge in [-0.05, 0) is 0 Å². The Morgan fingerprint density at radius 2 is 2.20 bits per heavy atom. The Balaban J connectivity index is 2.85. The van der Waals surface area contributed by atoms with Crippen molar-refractivity contribution in [1.82, 2.24) is 0 Å². The van der Waals surface area contributed by atoms with Gasteiger partial charge in [0.25, 0.3) is 0 Å². The average molecular weight is 220 g/mol. The van der Waals surface area contributed by atoms with E-state index in [4.69, 9.17) is 0 Å². The molecule has 0 aliphatic rings. The van der Waals surface area contributed by atoms with E-state index in [1.807, 2.05) is 0 Å². The summed E-state index contributed by atoms with van der Waals surface area (Å²) in [6.45, 7) is 1.57. The molecule has 0 rings (SSSR count). The van der Waals surface area contributed by atoms with E-state index in [1.54, 1.807) is 6.92 Å². The van der Waals surface area contributed by atoms with Crippen molar-refractivity contribution >= 4 is 10.9 Å². The minimum absolute atomic E-state index is 0.221. The van der Waals surface area contributed by atoms with Gasteiger partial charge in [0, 0.05) is 0 Å². The third kappa shape index (κ3) is 5.36. The molecule has 0 aliphatic heterocycles. The maximum atomic E-state index is 9.80. The molecule has 28 valence electrons. The van der Waals surface area contributed by atoms with Gasteiger partial charge >= 0.3 is 59.0 Å². The minimum atomic E-state index is 0.221. The fraction of sp³-hybridized carbons (Fsp3) is 0.500. The van der Waals surface area contributed by atoms with Gasteiger partial charge in [-0.25, -0.2) is 0 Å². The van der Waals surface area contributed by atoms with Crippen LogP contribution in [0.25, 0.3) is 0 Å². The van der Waals surface area contributed by atoms with Gasteiger partial charge in [-0.2, -0.15) is 0 Å². The summed E-state index contributed by atoms with van der Waals surface area (Å²) in [4.78, 5) is 9.80. The van der Waals surface area contributed by atoms with Crippen molar-refractivity contribution in [2.24, 2.45) is 0 Å². The second kappa shape index (κ2) is 3.54. The van der Waals surface area contributed by atoms with E-state index < -0.39 is 0 Å². The first-order valence-corrected chi connectivity index (χ1v) is 5.38. The van der Waals surface area contributed by atoms with Crippen molar-refractivity contribution in [3.8, 4) is 0 Å². The van der Waals surface area contributed by atoms with E-state index in [2.05, 4.69) is 0 Å². The van der Waals surface area contributed by atoms with Crippen LogP contribution >= 0.6 is 5.77 Å². The van der Waals surface area contributed by atoms with Crippen LogP contribution in [0.1, 0.15) is 6.92 Å². The van der Waals surface area contributed by atoms with Crippen LogP contribution in [-0.2, 0) is 4.79 Å². The fourth-order valence-corrected chi connectivity index (χ4v) is 0. The third-order valence-corrected chi connectivity index (χ3v) is 2.86. The van der Waals surface area contributed by atoms with Gasteiger partial charge in [0.05, 0.1) is 0 Å². The van der Waals surface area contributed by atoms with Crippen molar-refractivity contribution in [2.75, 3.05) is 0 Å². The van der Waals surface area contributed by atoms with E-state index >= 15 is 0 Å². The summed E-state index contributed by atoms with van der Waals surface area (Å²) in [6, 6.07) is 0. The molecule has 3 heteroatoms. The number of rotatable bonds is 0. The number of carbonyl (C=O) groups is 1. The van der Waals surface area contributed by atoms with Crippen molar-refractivity contribution in [3.63, 3.8) is 0 Å². The fourth-order valence-electron chi connectivity index (χ4n) is 0. The Hall–Kier alpha value is 1.36. The Morgan fingerprint density at radius 3 is 2.20 bits per heavy atom. The van der Waals surface area contributed by atoms with Gasteiger partial charge in [0.1, 0.15) is 0 Å². The van der Waals surface area contributed by atoms with Crippen molar-refractivity contribution < 1.29 is 41.2 Å². The van der Waals surface area contributed by atoms with E-state index in [0.717, 1.165) is 36.4 Å². The van der Waals surface area contributed by atoms with Crippen molar-refractivity contribution in [3.05, 3.63) is 0 Å². The Bertz CT molecular complexity index is 44.9. The third-order valence-electron chi connectivity index (χ3n) is 0.129. The summed E-state index contributed by atoms with van der Waals surface area (Å²) in [7, 11) is 0. The molecule has 0 aromatic carbocycles. The van der Waals surface area contributed by atoms with E-state index in [1.165, 1.54) is 5.77 Å². The molecule has 0 aromatic heterocycles. The molecule has 0 amide bonds. The molecule has 0 spiro atoms. The maximum absolute atomic E-state index is 9.80. The van der Waals surface area contributed by atoms with Crippen molar-refractivity contribution in [2.45, 2.75) is 6.92 Å². The molecular weight excluding hydrogens is 217 g/mol. The monoisotopic (exact) mass is 220 g/mol. The summed E-state index contributed by atoms with van der Waals surface area (Å²) in [5, 5.41) is 0.221. The molecule has 0 saturated heterocycles. The molecule has 0 saturated carbocycles. The molecule has 0 bridgehead atoms. The van der Waals surface area contributed by atoms with Crippen LogP contribution in [0, 0.1) is 36.4 Å². The van der Waals surface area contributed by atoms with Crippen molar-refractivity contribution in [1.29, 1.82) is 0 Å². The summed E-state index contributed by atoms with van der Waals surface area (Å²) in [5.74, 6) is 1.35. The topological polar surface area (TPSA) is 17.1 Å². The second-order valence-corrected chi connectivity index (χ2v) is 3.10. The standard InChI is InChI=1S/C2H4OS.Pm/c1-2(3)4;/h1H3,(H,3,4);/q;+1/p-1. The van der Waals surface area contributed by atoms with E-state index in [0.29, 0.717) is 0 Å². The molecular formula is C2H3OPmS. The molecule has 0 aromatic rings. The molecule has 5 heavy (non-hydrogen) atoms. The zero-order valence-corrected chi connectivity index (χ0v) is 6.45. The molecule has 0 heterocycles. The van der Waals surface area contributed by atoms with Crippen LogP contribution in [0.3, 0.4) is 0 Å². The second-order valence-electron chi connectivity index (χ2n) is 0.583. The number of carbonyl (C=O) groups excluding carboxylic acids is 1. The van der Waals surface area contributed by atoms with Gasteiger partial charge in [-0.3, -0.25) is 0 Å². The van der Waals surface area contributed by atoms with E-state index in [-0.39, 0.29) is 5.12 Å². The predicted octanol–water partition coefficient (Wildman–Crippen LogP) is 0.730. The van der Waals surface area contributed by atoms with E-state index in [9.17, 15) is 4.79 Å².